The number of hydrogen-bond acceptors (Lipinski definition) is 6. The highest BCUT2D eigenvalue weighted by Crippen LogP contribution is 2.68. The van der Waals surface area contributed by atoms with Crippen LogP contribution in [0.15, 0.2) is 48.7 Å². The molecule has 0 atom stereocenters. The molecular weight excluding hydrogens is 414 g/mol. The third-order valence-corrected chi connectivity index (χ3v) is 7.85. The molecule has 0 bridgehead atoms. The standard InChI is InChI=1S/C27H37N3O3/c1-19(2)23(31)33-21-12-10-20(11-13-21)27(32)25(3,4)24(26(27,5)6)30-17-15-29(16-18-30)22-9-7-8-14-28-22/h7-14,19,24,32H,15-18H2,1-6H3. The van der Waals surface area contributed by atoms with Crippen molar-refractivity contribution < 1.29 is 14.6 Å². The molecule has 6 nitrogen and oxygen atoms in total. The van der Waals surface area contributed by atoms with Crippen LogP contribution in [0.25, 0.3) is 0 Å². The van der Waals surface area contributed by atoms with E-state index in [1.54, 1.807) is 12.1 Å². The van der Waals surface area contributed by atoms with Crippen LogP contribution in [-0.4, -0.2) is 53.2 Å². The van der Waals surface area contributed by atoms with E-state index in [0.717, 1.165) is 37.6 Å². The minimum absolute atomic E-state index is 0.183. The van der Waals surface area contributed by atoms with Crippen LogP contribution in [0.2, 0.25) is 0 Å². The second-order valence-electron chi connectivity index (χ2n) is 10.9. The van der Waals surface area contributed by atoms with Crippen molar-refractivity contribution in [1.29, 1.82) is 0 Å². The molecule has 1 aliphatic heterocycles. The monoisotopic (exact) mass is 451 g/mol. The number of piperazine rings is 1. The van der Waals surface area contributed by atoms with Crippen LogP contribution in [0, 0.1) is 16.7 Å². The highest BCUT2D eigenvalue weighted by atomic mass is 16.5. The molecule has 1 aromatic carbocycles. The van der Waals surface area contributed by atoms with Crippen molar-refractivity contribution in [3.63, 3.8) is 0 Å². The van der Waals surface area contributed by atoms with Crippen LogP contribution < -0.4 is 9.64 Å². The molecule has 2 aliphatic rings. The first-order valence-electron chi connectivity index (χ1n) is 11.9. The maximum absolute atomic E-state index is 12.1. The Kier molecular flexibility index (Phi) is 6.04. The van der Waals surface area contributed by atoms with Gasteiger partial charge in [-0.05, 0) is 29.8 Å². The van der Waals surface area contributed by atoms with Gasteiger partial charge in [0, 0.05) is 49.2 Å². The molecule has 1 saturated carbocycles. The number of rotatable bonds is 5. The predicted octanol–water partition coefficient (Wildman–Crippen LogP) is 4.09. The van der Waals surface area contributed by atoms with Crippen LogP contribution in [-0.2, 0) is 10.4 Å². The SMILES string of the molecule is CC(C)C(=O)Oc1ccc(C2(O)C(C)(C)C(N3CCN(c4ccccn4)CC3)C2(C)C)cc1. The number of benzene rings is 1. The van der Waals surface area contributed by atoms with E-state index >= 15 is 0 Å². The van der Waals surface area contributed by atoms with Crippen molar-refractivity contribution in [2.75, 3.05) is 31.1 Å². The lowest BCUT2D eigenvalue weighted by atomic mass is 9.39. The summed E-state index contributed by atoms with van der Waals surface area (Å²) >= 11 is 0. The molecule has 0 unspecified atom stereocenters. The zero-order valence-electron chi connectivity index (χ0n) is 20.7. The summed E-state index contributed by atoms with van der Waals surface area (Å²) in [5.41, 5.74) is -0.826. The van der Waals surface area contributed by atoms with Gasteiger partial charge in [0.25, 0.3) is 0 Å². The lowest BCUT2D eigenvalue weighted by Crippen LogP contribution is -2.79. The van der Waals surface area contributed by atoms with Gasteiger partial charge in [-0.1, -0.05) is 59.7 Å². The summed E-state index contributed by atoms with van der Waals surface area (Å²) in [7, 11) is 0. The van der Waals surface area contributed by atoms with E-state index in [4.69, 9.17) is 4.74 Å². The summed E-state index contributed by atoms with van der Waals surface area (Å²) in [6.45, 7) is 16.0. The van der Waals surface area contributed by atoms with E-state index in [-0.39, 0.29) is 28.8 Å². The largest absolute Gasteiger partial charge is 0.426 e. The van der Waals surface area contributed by atoms with Crippen LogP contribution in [0.4, 0.5) is 5.82 Å². The molecule has 178 valence electrons. The van der Waals surface area contributed by atoms with Gasteiger partial charge in [0.05, 0.1) is 5.92 Å². The first-order chi connectivity index (χ1) is 15.5. The topological polar surface area (TPSA) is 65.9 Å². The predicted molar refractivity (Wildman–Crippen MR) is 130 cm³/mol. The summed E-state index contributed by atoms with van der Waals surface area (Å²) in [6, 6.07) is 13.7. The average Bonchev–Trinajstić information content (AvgIpc) is 2.79. The summed E-state index contributed by atoms with van der Waals surface area (Å²) in [4.78, 5) is 21.3. The first-order valence-corrected chi connectivity index (χ1v) is 11.9. The third kappa shape index (κ3) is 3.73. The Morgan fingerprint density at radius 3 is 2.12 bits per heavy atom. The van der Waals surface area contributed by atoms with E-state index in [9.17, 15) is 9.90 Å². The van der Waals surface area contributed by atoms with E-state index in [2.05, 4.69) is 48.5 Å². The molecule has 0 spiro atoms. The van der Waals surface area contributed by atoms with E-state index in [0.29, 0.717) is 5.75 Å². The molecule has 4 rings (SSSR count). The van der Waals surface area contributed by atoms with E-state index < -0.39 is 5.60 Å². The summed E-state index contributed by atoms with van der Waals surface area (Å²) in [5, 5.41) is 12.1. The van der Waals surface area contributed by atoms with Crippen LogP contribution in [0.1, 0.15) is 47.1 Å². The zero-order valence-corrected chi connectivity index (χ0v) is 20.7. The normalized spacial score (nSPS) is 26.7. The van der Waals surface area contributed by atoms with Crippen molar-refractivity contribution >= 4 is 11.8 Å². The summed E-state index contributed by atoms with van der Waals surface area (Å²) < 4.78 is 5.42. The molecule has 1 saturated heterocycles. The first kappa shape index (κ1) is 23.7. The minimum Gasteiger partial charge on any atom is -0.426 e. The van der Waals surface area contributed by atoms with Gasteiger partial charge in [0.2, 0.25) is 0 Å². The lowest BCUT2D eigenvalue weighted by molar-refractivity contribution is -0.307. The quantitative estimate of drug-likeness (QED) is 0.546. The van der Waals surface area contributed by atoms with Gasteiger partial charge in [-0.15, -0.1) is 0 Å². The van der Waals surface area contributed by atoms with Crippen LogP contribution >= 0.6 is 0 Å². The van der Waals surface area contributed by atoms with Gasteiger partial charge < -0.3 is 14.7 Å². The molecule has 2 fully saturated rings. The van der Waals surface area contributed by atoms with Gasteiger partial charge in [0.15, 0.2) is 0 Å². The number of carbonyl (C=O) groups is 1. The molecule has 1 aromatic heterocycles. The Balaban J connectivity index is 1.50. The Hall–Kier alpha value is -2.44. The van der Waals surface area contributed by atoms with Crippen molar-refractivity contribution in [3.8, 4) is 5.75 Å². The van der Waals surface area contributed by atoms with E-state index in [1.807, 2.05) is 44.3 Å². The fourth-order valence-corrected chi connectivity index (χ4v) is 6.46. The maximum Gasteiger partial charge on any atom is 0.313 e. The highest BCUT2D eigenvalue weighted by Gasteiger charge is 2.73. The zero-order chi connectivity index (χ0) is 24.0. The molecule has 1 aliphatic carbocycles. The fourth-order valence-electron chi connectivity index (χ4n) is 6.46. The molecule has 2 aromatic rings. The van der Waals surface area contributed by atoms with Gasteiger partial charge in [-0.25, -0.2) is 4.98 Å². The van der Waals surface area contributed by atoms with Crippen molar-refractivity contribution in [2.24, 2.45) is 16.7 Å². The Morgan fingerprint density at radius 2 is 1.61 bits per heavy atom. The Labute approximate surface area is 197 Å². The van der Waals surface area contributed by atoms with Crippen LogP contribution in [0.5, 0.6) is 5.75 Å². The number of ether oxygens (including phenoxy) is 1. The molecule has 0 radical (unpaired) electrons. The number of esters is 1. The number of pyridine rings is 1. The Morgan fingerprint density at radius 1 is 1.00 bits per heavy atom. The number of hydrogen-bond donors (Lipinski definition) is 1. The summed E-state index contributed by atoms with van der Waals surface area (Å²) in [6.07, 6.45) is 1.84. The van der Waals surface area contributed by atoms with Crippen LogP contribution in [0.3, 0.4) is 0 Å². The van der Waals surface area contributed by atoms with Crippen molar-refractivity contribution in [3.05, 3.63) is 54.2 Å². The second-order valence-corrected chi connectivity index (χ2v) is 10.9. The molecule has 0 amide bonds. The number of nitrogens with zero attached hydrogens (tertiary/aromatic N) is 3. The van der Waals surface area contributed by atoms with E-state index in [1.165, 1.54) is 0 Å². The van der Waals surface area contributed by atoms with Gasteiger partial charge in [-0.3, -0.25) is 9.69 Å². The molecule has 1 N–H and O–H groups in total. The number of anilines is 1. The molecule has 33 heavy (non-hydrogen) atoms. The molecular formula is C27H37N3O3. The maximum atomic E-state index is 12.1. The van der Waals surface area contributed by atoms with Gasteiger partial charge in [0.1, 0.15) is 17.2 Å². The number of aliphatic hydroxyl groups is 1. The lowest BCUT2D eigenvalue weighted by Gasteiger charge is -2.72. The summed E-state index contributed by atoms with van der Waals surface area (Å²) in [5.74, 6) is 1.10. The number of carbonyl (C=O) groups excluding carboxylic acids is 1. The minimum atomic E-state index is -0.997. The Bertz CT molecular complexity index is 961. The fraction of sp³-hybridized carbons (Fsp3) is 0.556. The van der Waals surface area contributed by atoms with Crippen molar-refractivity contribution in [1.82, 2.24) is 9.88 Å². The molecule has 2 heterocycles. The third-order valence-electron chi connectivity index (χ3n) is 7.85. The van der Waals surface area contributed by atoms with Gasteiger partial charge >= 0.3 is 5.97 Å². The van der Waals surface area contributed by atoms with Gasteiger partial charge in [-0.2, -0.15) is 0 Å². The molecule has 6 heteroatoms. The smallest absolute Gasteiger partial charge is 0.313 e. The highest BCUT2D eigenvalue weighted by molar-refractivity contribution is 5.74. The van der Waals surface area contributed by atoms with Crippen molar-refractivity contribution in [2.45, 2.75) is 53.2 Å². The number of aromatic nitrogens is 1. The second kappa shape index (κ2) is 8.41. The average molecular weight is 452 g/mol.